The van der Waals surface area contributed by atoms with Crippen LogP contribution in [-0.4, -0.2) is 58.6 Å². The van der Waals surface area contributed by atoms with Gasteiger partial charge in [0.1, 0.15) is 5.69 Å². The van der Waals surface area contributed by atoms with Gasteiger partial charge in [-0.2, -0.15) is 4.98 Å². The van der Waals surface area contributed by atoms with Crippen molar-refractivity contribution in [2.45, 2.75) is 0 Å². The van der Waals surface area contributed by atoms with Crippen LogP contribution in [0.25, 0.3) is 0 Å². The van der Waals surface area contributed by atoms with Gasteiger partial charge < -0.3 is 19.1 Å². The number of nitrogens with zero attached hydrogens (tertiary/aromatic N) is 5. The number of amides is 1. The molecule has 1 saturated heterocycles. The fourth-order valence-corrected chi connectivity index (χ4v) is 2.55. The molecule has 2 aromatic rings. The van der Waals surface area contributed by atoms with Crippen molar-refractivity contribution in [3.63, 3.8) is 0 Å². The summed E-state index contributed by atoms with van der Waals surface area (Å²) in [6.45, 7) is 2.74. The third kappa shape index (κ3) is 2.74. The minimum Gasteiger partial charge on any atom is -0.481 e. The highest BCUT2D eigenvalue weighted by Crippen LogP contribution is 2.15. The van der Waals surface area contributed by atoms with E-state index in [1.54, 1.807) is 19.4 Å². The van der Waals surface area contributed by atoms with Crippen LogP contribution in [0.5, 0.6) is 5.88 Å². The summed E-state index contributed by atoms with van der Waals surface area (Å²) >= 11 is 0. The summed E-state index contributed by atoms with van der Waals surface area (Å²) in [4.78, 5) is 25.0. The number of aromatic nitrogens is 3. The average Bonchev–Trinajstić information content (AvgIpc) is 3.00. The van der Waals surface area contributed by atoms with E-state index in [-0.39, 0.29) is 5.91 Å². The summed E-state index contributed by atoms with van der Waals surface area (Å²) in [5.74, 6) is 1.26. The van der Waals surface area contributed by atoms with Gasteiger partial charge in [0.25, 0.3) is 5.91 Å². The van der Waals surface area contributed by atoms with Crippen molar-refractivity contribution >= 4 is 11.9 Å². The second kappa shape index (κ2) is 6.05. The summed E-state index contributed by atoms with van der Waals surface area (Å²) in [5.41, 5.74) is 0.714. The third-order valence-electron chi connectivity index (χ3n) is 3.84. The topological polar surface area (TPSA) is 63.5 Å². The zero-order valence-electron chi connectivity index (χ0n) is 12.8. The van der Waals surface area contributed by atoms with E-state index in [2.05, 4.69) is 14.9 Å². The van der Waals surface area contributed by atoms with Crippen LogP contribution in [0, 0.1) is 0 Å². The Morgan fingerprint density at radius 2 is 2.00 bits per heavy atom. The van der Waals surface area contributed by atoms with Crippen LogP contribution in [0.4, 0.5) is 5.95 Å². The molecule has 0 N–H and O–H groups in total. The molecular weight excluding hydrogens is 282 g/mol. The highest BCUT2D eigenvalue weighted by atomic mass is 16.5. The van der Waals surface area contributed by atoms with Gasteiger partial charge >= 0.3 is 0 Å². The van der Waals surface area contributed by atoms with Crippen LogP contribution in [0.15, 0.2) is 30.6 Å². The van der Waals surface area contributed by atoms with Gasteiger partial charge in [0.15, 0.2) is 0 Å². The molecule has 0 radical (unpaired) electrons. The van der Waals surface area contributed by atoms with E-state index in [1.807, 2.05) is 34.8 Å². The maximum atomic E-state index is 12.5. The number of hydrogen-bond acceptors (Lipinski definition) is 5. The lowest BCUT2D eigenvalue weighted by Gasteiger charge is -2.34. The number of piperazine rings is 1. The fourth-order valence-electron chi connectivity index (χ4n) is 2.55. The minimum atomic E-state index is 0.0683. The molecule has 1 fully saturated rings. The summed E-state index contributed by atoms with van der Waals surface area (Å²) in [7, 11) is 3.47. The lowest BCUT2D eigenvalue weighted by Crippen LogP contribution is -2.49. The summed E-state index contributed by atoms with van der Waals surface area (Å²) in [5, 5.41) is 0. The van der Waals surface area contributed by atoms with E-state index in [0.29, 0.717) is 43.7 Å². The number of methoxy groups -OCH3 is 1. The molecule has 0 unspecified atom stereocenters. The van der Waals surface area contributed by atoms with E-state index < -0.39 is 0 Å². The number of rotatable bonds is 3. The molecule has 7 heteroatoms. The Bertz CT molecular complexity index is 661. The molecular formula is C15H19N5O2. The number of carbonyl (C=O) groups excluding carboxylic acids is 1. The monoisotopic (exact) mass is 301 g/mol. The SMILES string of the molecule is COc1ccnc(N2CCN(C(=O)c3cccn3C)CC2)n1. The molecule has 1 aliphatic heterocycles. The van der Waals surface area contributed by atoms with E-state index in [4.69, 9.17) is 4.74 Å². The number of aryl methyl sites for hydroxylation is 1. The highest BCUT2D eigenvalue weighted by molar-refractivity contribution is 5.92. The van der Waals surface area contributed by atoms with Crippen molar-refractivity contribution in [2.75, 3.05) is 38.2 Å². The number of hydrogen-bond donors (Lipinski definition) is 0. The van der Waals surface area contributed by atoms with Crippen molar-refractivity contribution in [1.29, 1.82) is 0 Å². The van der Waals surface area contributed by atoms with E-state index in [1.165, 1.54) is 0 Å². The molecule has 1 amide bonds. The predicted octanol–water partition coefficient (Wildman–Crippen LogP) is 0.786. The van der Waals surface area contributed by atoms with Crippen LogP contribution < -0.4 is 9.64 Å². The molecule has 116 valence electrons. The molecule has 0 bridgehead atoms. The largest absolute Gasteiger partial charge is 0.481 e. The summed E-state index contributed by atoms with van der Waals surface area (Å²) in [6, 6.07) is 5.45. The molecule has 3 rings (SSSR count). The van der Waals surface area contributed by atoms with Crippen molar-refractivity contribution in [3.05, 3.63) is 36.3 Å². The first-order chi connectivity index (χ1) is 10.7. The van der Waals surface area contributed by atoms with Crippen molar-refractivity contribution < 1.29 is 9.53 Å². The first-order valence-electron chi connectivity index (χ1n) is 7.21. The Kier molecular flexibility index (Phi) is 3.95. The predicted molar refractivity (Wildman–Crippen MR) is 82.1 cm³/mol. The maximum Gasteiger partial charge on any atom is 0.270 e. The van der Waals surface area contributed by atoms with Gasteiger partial charge in [-0.05, 0) is 12.1 Å². The Morgan fingerprint density at radius 3 is 2.64 bits per heavy atom. The van der Waals surface area contributed by atoms with Crippen LogP contribution in [0.2, 0.25) is 0 Å². The van der Waals surface area contributed by atoms with Gasteiger partial charge in [-0.15, -0.1) is 0 Å². The molecule has 3 heterocycles. The van der Waals surface area contributed by atoms with Crippen LogP contribution in [-0.2, 0) is 7.05 Å². The van der Waals surface area contributed by atoms with E-state index in [0.717, 1.165) is 0 Å². The van der Waals surface area contributed by atoms with Crippen LogP contribution in [0.1, 0.15) is 10.5 Å². The smallest absolute Gasteiger partial charge is 0.270 e. The van der Waals surface area contributed by atoms with Crippen molar-refractivity contribution in [2.24, 2.45) is 7.05 Å². The number of anilines is 1. The number of ether oxygens (including phenoxy) is 1. The van der Waals surface area contributed by atoms with Crippen molar-refractivity contribution in [1.82, 2.24) is 19.4 Å². The number of carbonyl (C=O) groups is 1. The fraction of sp³-hybridized carbons (Fsp3) is 0.400. The second-order valence-corrected chi connectivity index (χ2v) is 5.18. The third-order valence-corrected chi connectivity index (χ3v) is 3.84. The summed E-state index contributed by atoms with van der Waals surface area (Å²) in [6.07, 6.45) is 3.57. The molecule has 2 aromatic heterocycles. The zero-order valence-corrected chi connectivity index (χ0v) is 12.8. The average molecular weight is 301 g/mol. The molecule has 1 aliphatic rings. The standard InChI is InChI=1S/C15H19N5O2/c1-18-7-3-4-12(18)14(21)19-8-10-20(11-9-19)15-16-6-5-13(17-15)22-2/h3-7H,8-11H2,1-2H3. The van der Waals surface area contributed by atoms with E-state index in [9.17, 15) is 4.79 Å². The van der Waals surface area contributed by atoms with E-state index >= 15 is 0 Å². The Balaban J connectivity index is 1.65. The van der Waals surface area contributed by atoms with Crippen LogP contribution in [0.3, 0.4) is 0 Å². The highest BCUT2D eigenvalue weighted by Gasteiger charge is 2.24. The lowest BCUT2D eigenvalue weighted by molar-refractivity contribution is 0.0736. The molecule has 0 saturated carbocycles. The first kappa shape index (κ1) is 14.4. The minimum absolute atomic E-state index is 0.0683. The molecule has 0 aliphatic carbocycles. The molecule has 0 spiro atoms. The Labute approximate surface area is 129 Å². The van der Waals surface area contributed by atoms with Gasteiger partial charge in [0.2, 0.25) is 11.8 Å². The first-order valence-corrected chi connectivity index (χ1v) is 7.21. The normalized spacial score (nSPS) is 15.0. The second-order valence-electron chi connectivity index (χ2n) is 5.18. The lowest BCUT2D eigenvalue weighted by atomic mass is 10.3. The van der Waals surface area contributed by atoms with Crippen LogP contribution >= 0.6 is 0 Å². The van der Waals surface area contributed by atoms with Gasteiger partial charge in [0.05, 0.1) is 7.11 Å². The molecule has 22 heavy (non-hydrogen) atoms. The Morgan fingerprint density at radius 1 is 1.23 bits per heavy atom. The molecule has 7 nitrogen and oxygen atoms in total. The summed E-state index contributed by atoms with van der Waals surface area (Å²) < 4.78 is 6.97. The van der Waals surface area contributed by atoms with Gasteiger partial charge in [-0.3, -0.25) is 4.79 Å². The van der Waals surface area contributed by atoms with Crippen molar-refractivity contribution in [3.8, 4) is 5.88 Å². The quantitative estimate of drug-likeness (QED) is 0.838. The molecule has 0 atom stereocenters. The van der Waals surface area contributed by atoms with Gasteiger partial charge in [-0.1, -0.05) is 0 Å². The van der Waals surface area contributed by atoms with Gasteiger partial charge in [0, 0.05) is 51.7 Å². The Hall–Kier alpha value is -2.57. The zero-order chi connectivity index (χ0) is 15.5. The molecule has 0 aromatic carbocycles. The maximum absolute atomic E-state index is 12.5. The van der Waals surface area contributed by atoms with Gasteiger partial charge in [-0.25, -0.2) is 4.98 Å².